The summed E-state index contributed by atoms with van der Waals surface area (Å²) in [6.45, 7) is 1.90. The van der Waals surface area contributed by atoms with E-state index in [2.05, 4.69) is 45.5 Å². The fourth-order valence-electron chi connectivity index (χ4n) is 2.67. The molecule has 0 spiro atoms. The molecular formula is C14H20BrNO. The molecule has 1 heterocycles. The lowest BCUT2D eigenvalue weighted by molar-refractivity contribution is 0.0894. The van der Waals surface area contributed by atoms with Gasteiger partial charge in [-0.1, -0.05) is 34.5 Å². The quantitative estimate of drug-likeness (QED) is 0.922. The SMILES string of the molecule is COCC1(Cc2cccc(Br)c2)CCCCN1. The van der Waals surface area contributed by atoms with Gasteiger partial charge in [-0.05, 0) is 43.5 Å². The minimum Gasteiger partial charge on any atom is -0.383 e. The molecule has 2 rings (SSSR count). The van der Waals surface area contributed by atoms with Crippen LogP contribution in [-0.2, 0) is 11.2 Å². The van der Waals surface area contributed by atoms with E-state index in [1.54, 1.807) is 7.11 Å². The summed E-state index contributed by atoms with van der Waals surface area (Å²) in [4.78, 5) is 0. The number of hydrogen-bond donors (Lipinski definition) is 1. The monoisotopic (exact) mass is 297 g/mol. The smallest absolute Gasteiger partial charge is 0.0647 e. The molecular weight excluding hydrogens is 278 g/mol. The molecule has 17 heavy (non-hydrogen) atoms. The highest BCUT2D eigenvalue weighted by molar-refractivity contribution is 9.10. The van der Waals surface area contributed by atoms with Crippen molar-refractivity contribution in [3.05, 3.63) is 34.3 Å². The average Bonchev–Trinajstić information content (AvgIpc) is 2.30. The summed E-state index contributed by atoms with van der Waals surface area (Å²) in [5, 5.41) is 3.66. The fraction of sp³-hybridized carbons (Fsp3) is 0.571. The molecule has 3 heteroatoms. The standard InChI is InChI=1S/C14H20BrNO/c1-17-11-14(7-2-3-8-16-14)10-12-5-4-6-13(15)9-12/h4-6,9,16H,2-3,7-8,10-11H2,1H3. The fourth-order valence-corrected chi connectivity index (χ4v) is 3.12. The van der Waals surface area contributed by atoms with Gasteiger partial charge < -0.3 is 10.1 Å². The van der Waals surface area contributed by atoms with Gasteiger partial charge in [0.1, 0.15) is 0 Å². The molecule has 1 unspecified atom stereocenters. The summed E-state index contributed by atoms with van der Waals surface area (Å²) in [5.74, 6) is 0. The Morgan fingerprint density at radius 2 is 2.29 bits per heavy atom. The Balaban J connectivity index is 2.11. The maximum atomic E-state index is 5.41. The Bertz CT molecular complexity index is 355. The third kappa shape index (κ3) is 3.54. The van der Waals surface area contributed by atoms with Gasteiger partial charge in [-0.15, -0.1) is 0 Å². The zero-order valence-electron chi connectivity index (χ0n) is 10.3. The molecule has 0 amide bonds. The van der Waals surface area contributed by atoms with E-state index in [9.17, 15) is 0 Å². The summed E-state index contributed by atoms with van der Waals surface area (Å²) in [6.07, 6.45) is 4.82. The van der Waals surface area contributed by atoms with Crippen molar-refractivity contribution in [3.8, 4) is 0 Å². The Morgan fingerprint density at radius 1 is 1.41 bits per heavy atom. The van der Waals surface area contributed by atoms with E-state index in [1.807, 2.05) is 0 Å². The van der Waals surface area contributed by atoms with Crippen LogP contribution in [0.25, 0.3) is 0 Å². The van der Waals surface area contributed by atoms with E-state index in [0.29, 0.717) is 0 Å². The first-order valence-corrected chi connectivity index (χ1v) is 7.02. The van der Waals surface area contributed by atoms with Crippen LogP contribution in [-0.4, -0.2) is 25.8 Å². The van der Waals surface area contributed by atoms with Crippen LogP contribution in [0.4, 0.5) is 0 Å². The molecule has 1 atom stereocenters. The van der Waals surface area contributed by atoms with Crippen LogP contribution in [0, 0.1) is 0 Å². The molecule has 1 saturated heterocycles. The van der Waals surface area contributed by atoms with Crippen LogP contribution >= 0.6 is 15.9 Å². The number of piperidine rings is 1. The average molecular weight is 298 g/mol. The van der Waals surface area contributed by atoms with Gasteiger partial charge in [0, 0.05) is 17.1 Å². The number of hydrogen-bond acceptors (Lipinski definition) is 2. The van der Waals surface area contributed by atoms with Gasteiger partial charge in [0.25, 0.3) is 0 Å². The first-order chi connectivity index (χ1) is 8.24. The molecule has 2 nitrogen and oxygen atoms in total. The van der Waals surface area contributed by atoms with Crippen molar-refractivity contribution >= 4 is 15.9 Å². The lowest BCUT2D eigenvalue weighted by Gasteiger charge is -2.38. The Morgan fingerprint density at radius 3 is 2.94 bits per heavy atom. The van der Waals surface area contributed by atoms with Gasteiger partial charge in [0.2, 0.25) is 0 Å². The highest BCUT2D eigenvalue weighted by atomic mass is 79.9. The molecule has 0 radical (unpaired) electrons. The van der Waals surface area contributed by atoms with Gasteiger partial charge in [-0.3, -0.25) is 0 Å². The second-order valence-electron chi connectivity index (χ2n) is 4.90. The number of halogens is 1. The Labute approximate surface area is 112 Å². The topological polar surface area (TPSA) is 21.3 Å². The summed E-state index contributed by atoms with van der Waals surface area (Å²) >= 11 is 3.53. The maximum absolute atomic E-state index is 5.41. The second kappa shape index (κ2) is 5.98. The largest absolute Gasteiger partial charge is 0.383 e. The Kier molecular flexibility index (Phi) is 4.60. The van der Waals surface area contributed by atoms with Crippen molar-refractivity contribution in [2.75, 3.05) is 20.3 Å². The van der Waals surface area contributed by atoms with Crippen LogP contribution in [0.15, 0.2) is 28.7 Å². The molecule has 0 bridgehead atoms. The highest BCUT2D eigenvalue weighted by Crippen LogP contribution is 2.25. The maximum Gasteiger partial charge on any atom is 0.0647 e. The summed E-state index contributed by atoms with van der Waals surface area (Å²) < 4.78 is 6.56. The summed E-state index contributed by atoms with van der Waals surface area (Å²) in [7, 11) is 1.79. The van der Waals surface area contributed by atoms with Crippen molar-refractivity contribution in [2.45, 2.75) is 31.2 Å². The molecule has 0 aliphatic carbocycles. The predicted octanol–water partition coefficient (Wildman–Crippen LogP) is 3.15. The van der Waals surface area contributed by atoms with Crippen molar-refractivity contribution in [1.82, 2.24) is 5.32 Å². The van der Waals surface area contributed by atoms with Crippen molar-refractivity contribution in [2.24, 2.45) is 0 Å². The third-order valence-electron chi connectivity index (χ3n) is 3.43. The summed E-state index contributed by atoms with van der Waals surface area (Å²) in [6, 6.07) is 8.57. The normalized spacial score (nSPS) is 24.8. The number of rotatable bonds is 4. The molecule has 1 aromatic carbocycles. The van der Waals surface area contributed by atoms with E-state index in [-0.39, 0.29) is 5.54 Å². The molecule has 0 saturated carbocycles. The zero-order valence-corrected chi connectivity index (χ0v) is 11.9. The molecule has 1 fully saturated rings. The number of methoxy groups -OCH3 is 1. The van der Waals surface area contributed by atoms with E-state index in [1.165, 1.54) is 24.8 Å². The van der Waals surface area contributed by atoms with Crippen molar-refractivity contribution < 1.29 is 4.74 Å². The predicted molar refractivity (Wildman–Crippen MR) is 74.3 cm³/mol. The van der Waals surface area contributed by atoms with E-state index < -0.39 is 0 Å². The van der Waals surface area contributed by atoms with Gasteiger partial charge >= 0.3 is 0 Å². The van der Waals surface area contributed by atoms with Gasteiger partial charge in [-0.2, -0.15) is 0 Å². The molecule has 94 valence electrons. The van der Waals surface area contributed by atoms with Crippen LogP contribution in [0.2, 0.25) is 0 Å². The van der Waals surface area contributed by atoms with Gasteiger partial charge in [0.05, 0.1) is 6.61 Å². The lowest BCUT2D eigenvalue weighted by atomic mass is 9.84. The zero-order chi connectivity index (χ0) is 12.1. The van der Waals surface area contributed by atoms with E-state index >= 15 is 0 Å². The number of ether oxygens (including phenoxy) is 1. The molecule has 1 aliphatic rings. The first kappa shape index (κ1) is 13.1. The molecule has 0 aromatic heterocycles. The molecule has 1 aliphatic heterocycles. The third-order valence-corrected chi connectivity index (χ3v) is 3.93. The van der Waals surface area contributed by atoms with Crippen molar-refractivity contribution in [1.29, 1.82) is 0 Å². The van der Waals surface area contributed by atoms with Gasteiger partial charge in [-0.25, -0.2) is 0 Å². The van der Waals surface area contributed by atoms with Crippen LogP contribution in [0.1, 0.15) is 24.8 Å². The summed E-state index contributed by atoms with van der Waals surface area (Å²) in [5.41, 5.74) is 1.50. The van der Waals surface area contributed by atoms with E-state index in [4.69, 9.17) is 4.74 Å². The minimum absolute atomic E-state index is 0.133. The molecule has 1 aromatic rings. The second-order valence-corrected chi connectivity index (χ2v) is 5.82. The van der Waals surface area contributed by atoms with Crippen LogP contribution < -0.4 is 5.32 Å². The highest BCUT2D eigenvalue weighted by Gasteiger charge is 2.31. The number of nitrogens with one attached hydrogen (secondary N) is 1. The van der Waals surface area contributed by atoms with E-state index in [0.717, 1.165) is 24.0 Å². The van der Waals surface area contributed by atoms with Crippen molar-refractivity contribution in [3.63, 3.8) is 0 Å². The van der Waals surface area contributed by atoms with Gasteiger partial charge in [0.15, 0.2) is 0 Å². The molecule has 1 N–H and O–H groups in total. The minimum atomic E-state index is 0.133. The Hall–Kier alpha value is -0.380. The van der Waals surface area contributed by atoms with Crippen LogP contribution in [0.5, 0.6) is 0 Å². The first-order valence-electron chi connectivity index (χ1n) is 6.23. The van der Waals surface area contributed by atoms with Crippen LogP contribution in [0.3, 0.4) is 0 Å². The number of benzene rings is 1. The lowest BCUT2D eigenvalue weighted by Crippen LogP contribution is -2.53.